The van der Waals surface area contributed by atoms with Crippen LogP contribution in [-0.4, -0.2) is 52.2 Å². The maximum absolute atomic E-state index is 12.2. The topological polar surface area (TPSA) is 77.1 Å². The highest BCUT2D eigenvalue weighted by Crippen LogP contribution is 2.30. The van der Waals surface area contributed by atoms with E-state index in [1.54, 1.807) is 12.1 Å². The first kappa shape index (κ1) is 14.6. The van der Waals surface area contributed by atoms with E-state index in [1.807, 2.05) is 6.07 Å². The van der Waals surface area contributed by atoms with Crippen LogP contribution in [0.1, 0.15) is 5.56 Å². The summed E-state index contributed by atoms with van der Waals surface area (Å²) >= 11 is 0. The Morgan fingerprint density at radius 2 is 1.76 bits per heavy atom. The van der Waals surface area contributed by atoms with Crippen molar-refractivity contribution in [3.63, 3.8) is 0 Å². The van der Waals surface area contributed by atoms with Gasteiger partial charge in [-0.05, 0) is 17.7 Å². The van der Waals surface area contributed by atoms with Crippen molar-refractivity contribution in [3.8, 4) is 11.5 Å². The lowest BCUT2D eigenvalue weighted by Gasteiger charge is -2.26. The molecule has 0 saturated carbocycles. The summed E-state index contributed by atoms with van der Waals surface area (Å²) in [7, 11) is -3.47. The van der Waals surface area contributed by atoms with E-state index in [1.165, 1.54) is 4.31 Å². The molecule has 0 bridgehead atoms. The molecule has 3 rings (SSSR count). The lowest BCUT2D eigenvalue weighted by molar-refractivity contribution is 0.0725. The molecule has 2 heterocycles. The molecule has 0 spiro atoms. The predicted molar refractivity (Wildman–Crippen MR) is 75.6 cm³/mol. The number of nitrogens with one attached hydrogen (secondary N) is 1. The summed E-state index contributed by atoms with van der Waals surface area (Å²) in [5, 5.41) is 0. The number of hydrogen-bond donors (Lipinski definition) is 1. The molecular weight excluding hydrogens is 296 g/mol. The molecule has 7 nitrogen and oxygen atoms in total. The molecule has 1 saturated heterocycles. The molecule has 1 N–H and O–H groups in total. The van der Waals surface area contributed by atoms with Crippen LogP contribution >= 0.6 is 0 Å². The molecule has 0 aromatic heterocycles. The lowest BCUT2D eigenvalue weighted by atomic mass is 10.2. The fourth-order valence-corrected chi connectivity index (χ4v) is 3.41. The van der Waals surface area contributed by atoms with E-state index in [2.05, 4.69) is 4.72 Å². The first-order valence-electron chi connectivity index (χ1n) is 6.86. The van der Waals surface area contributed by atoms with E-state index in [0.717, 1.165) is 5.56 Å². The van der Waals surface area contributed by atoms with Crippen LogP contribution in [0, 0.1) is 0 Å². The molecule has 0 amide bonds. The molecule has 2 aliphatic rings. The Kier molecular flexibility index (Phi) is 4.29. The number of hydrogen-bond acceptors (Lipinski definition) is 5. The van der Waals surface area contributed by atoms with Gasteiger partial charge < -0.3 is 14.2 Å². The summed E-state index contributed by atoms with van der Waals surface area (Å²) in [5.74, 6) is 1.35. The quantitative estimate of drug-likeness (QED) is 0.854. The Balaban J connectivity index is 1.64. The van der Waals surface area contributed by atoms with Crippen LogP contribution in [0.2, 0.25) is 0 Å². The maximum Gasteiger partial charge on any atom is 0.279 e. The van der Waals surface area contributed by atoms with E-state index in [-0.39, 0.29) is 6.54 Å². The van der Waals surface area contributed by atoms with Gasteiger partial charge in [0, 0.05) is 19.6 Å². The van der Waals surface area contributed by atoms with Crippen LogP contribution in [0.15, 0.2) is 18.2 Å². The Morgan fingerprint density at radius 3 is 2.52 bits per heavy atom. The smallest absolute Gasteiger partial charge is 0.279 e. The van der Waals surface area contributed by atoms with Crippen molar-refractivity contribution < 1.29 is 22.6 Å². The van der Waals surface area contributed by atoms with Crippen LogP contribution in [0.5, 0.6) is 11.5 Å². The zero-order valence-corrected chi connectivity index (χ0v) is 12.4. The summed E-state index contributed by atoms with van der Waals surface area (Å²) in [6.45, 7) is 2.91. The molecule has 2 aliphatic heterocycles. The molecule has 8 heteroatoms. The molecule has 0 atom stereocenters. The fraction of sp³-hybridized carbons (Fsp3) is 0.538. The van der Waals surface area contributed by atoms with Gasteiger partial charge in [0.1, 0.15) is 13.2 Å². The molecule has 1 aromatic rings. The van der Waals surface area contributed by atoms with Crippen molar-refractivity contribution in [1.82, 2.24) is 9.03 Å². The van der Waals surface area contributed by atoms with Gasteiger partial charge in [-0.1, -0.05) is 6.07 Å². The van der Waals surface area contributed by atoms with Gasteiger partial charge >= 0.3 is 0 Å². The third-order valence-electron chi connectivity index (χ3n) is 3.38. The van der Waals surface area contributed by atoms with Crippen LogP contribution in [-0.2, 0) is 21.5 Å². The van der Waals surface area contributed by atoms with E-state index in [4.69, 9.17) is 14.2 Å². The second kappa shape index (κ2) is 6.18. The van der Waals surface area contributed by atoms with Crippen molar-refractivity contribution in [2.45, 2.75) is 6.54 Å². The van der Waals surface area contributed by atoms with Crippen LogP contribution in [0.4, 0.5) is 0 Å². The predicted octanol–water partition coefficient (Wildman–Crippen LogP) is 0.124. The molecule has 1 aromatic carbocycles. The number of fused-ring (bicyclic) bond motifs is 1. The summed E-state index contributed by atoms with van der Waals surface area (Å²) < 4.78 is 44.4. The minimum atomic E-state index is -3.47. The molecule has 1 fully saturated rings. The molecule has 116 valence electrons. The summed E-state index contributed by atoms with van der Waals surface area (Å²) in [5.41, 5.74) is 0.830. The first-order valence-corrected chi connectivity index (χ1v) is 8.30. The summed E-state index contributed by atoms with van der Waals surface area (Å²) in [6.07, 6.45) is 0. The van der Waals surface area contributed by atoms with Gasteiger partial charge in [0.2, 0.25) is 0 Å². The van der Waals surface area contributed by atoms with Gasteiger partial charge in [0.15, 0.2) is 11.5 Å². The highest BCUT2D eigenvalue weighted by Gasteiger charge is 2.23. The molecule has 0 unspecified atom stereocenters. The molecule has 0 radical (unpaired) electrons. The number of ether oxygens (including phenoxy) is 3. The van der Waals surface area contributed by atoms with Crippen molar-refractivity contribution in [2.24, 2.45) is 0 Å². The van der Waals surface area contributed by atoms with E-state index in [9.17, 15) is 8.42 Å². The lowest BCUT2D eigenvalue weighted by Crippen LogP contribution is -2.46. The fourth-order valence-electron chi connectivity index (χ4n) is 2.25. The minimum absolute atomic E-state index is 0.219. The highest BCUT2D eigenvalue weighted by molar-refractivity contribution is 7.87. The van der Waals surface area contributed by atoms with Crippen molar-refractivity contribution in [1.29, 1.82) is 0 Å². The van der Waals surface area contributed by atoms with Gasteiger partial charge in [-0.2, -0.15) is 17.4 Å². The third kappa shape index (κ3) is 3.46. The van der Waals surface area contributed by atoms with E-state index in [0.29, 0.717) is 51.0 Å². The van der Waals surface area contributed by atoms with Crippen LogP contribution in [0.25, 0.3) is 0 Å². The number of morpholine rings is 1. The molecule has 0 aliphatic carbocycles. The van der Waals surface area contributed by atoms with Crippen molar-refractivity contribution in [3.05, 3.63) is 23.8 Å². The largest absolute Gasteiger partial charge is 0.486 e. The van der Waals surface area contributed by atoms with Crippen molar-refractivity contribution in [2.75, 3.05) is 39.5 Å². The van der Waals surface area contributed by atoms with Crippen LogP contribution < -0.4 is 14.2 Å². The molecular formula is C13H18N2O5S. The van der Waals surface area contributed by atoms with Gasteiger partial charge in [0.25, 0.3) is 10.2 Å². The van der Waals surface area contributed by atoms with Gasteiger partial charge in [0.05, 0.1) is 13.2 Å². The van der Waals surface area contributed by atoms with Crippen LogP contribution in [0.3, 0.4) is 0 Å². The number of benzene rings is 1. The summed E-state index contributed by atoms with van der Waals surface area (Å²) in [6, 6.07) is 5.43. The molecule has 21 heavy (non-hydrogen) atoms. The Morgan fingerprint density at radius 1 is 1.05 bits per heavy atom. The zero-order valence-electron chi connectivity index (χ0n) is 11.6. The Labute approximate surface area is 124 Å². The average Bonchev–Trinajstić information content (AvgIpc) is 2.54. The van der Waals surface area contributed by atoms with Crippen molar-refractivity contribution >= 4 is 10.2 Å². The van der Waals surface area contributed by atoms with Gasteiger partial charge in [-0.15, -0.1) is 0 Å². The maximum atomic E-state index is 12.2. The zero-order chi connectivity index (χ0) is 14.7. The van der Waals surface area contributed by atoms with Gasteiger partial charge in [-0.25, -0.2) is 0 Å². The number of rotatable bonds is 4. The third-order valence-corrected chi connectivity index (χ3v) is 4.93. The second-order valence-electron chi connectivity index (χ2n) is 4.82. The van der Waals surface area contributed by atoms with E-state index >= 15 is 0 Å². The monoisotopic (exact) mass is 314 g/mol. The average molecular weight is 314 g/mol. The van der Waals surface area contributed by atoms with E-state index < -0.39 is 10.2 Å². The first-order chi connectivity index (χ1) is 10.1. The minimum Gasteiger partial charge on any atom is -0.486 e. The van der Waals surface area contributed by atoms with Gasteiger partial charge in [-0.3, -0.25) is 0 Å². The Bertz CT molecular complexity index is 599. The highest BCUT2D eigenvalue weighted by atomic mass is 32.2. The summed E-state index contributed by atoms with van der Waals surface area (Å²) in [4.78, 5) is 0. The standard InChI is InChI=1S/C13H18N2O5S/c16-21(17,15-3-5-18-6-4-15)14-10-11-1-2-12-13(9-11)20-8-7-19-12/h1-2,9,14H,3-8,10H2. The Hall–Kier alpha value is -1.35. The normalized spacial score (nSPS) is 19.4. The SMILES string of the molecule is O=S(=O)(NCc1ccc2c(c1)OCCO2)N1CCOCC1. The second-order valence-corrected chi connectivity index (χ2v) is 6.57. The number of nitrogens with zero attached hydrogens (tertiary/aromatic N) is 1.